The third-order valence-corrected chi connectivity index (χ3v) is 4.42. The number of alkyl halides is 3. The zero-order valence-electron chi connectivity index (χ0n) is 14.9. The third kappa shape index (κ3) is 3.10. The van der Waals surface area contributed by atoms with E-state index in [0.29, 0.717) is 28.5 Å². The lowest BCUT2D eigenvalue weighted by atomic mass is 10.1. The molecule has 0 spiro atoms. The summed E-state index contributed by atoms with van der Waals surface area (Å²) in [5.74, 6) is 0.247. The van der Waals surface area contributed by atoms with E-state index < -0.39 is 18.1 Å². The van der Waals surface area contributed by atoms with Gasteiger partial charge in [0, 0.05) is 11.3 Å². The number of fused-ring (bicyclic) bond motifs is 2. The highest BCUT2D eigenvalue weighted by molar-refractivity contribution is 5.98. The minimum Gasteiger partial charge on any atom is -0.454 e. The second kappa shape index (κ2) is 6.39. The number of hydrogen-bond acceptors (Lipinski definition) is 5. The van der Waals surface area contributed by atoms with Gasteiger partial charge in [-0.15, -0.1) is 0 Å². The number of aryl methyl sites for hydroxylation is 1. The van der Waals surface area contributed by atoms with Crippen LogP contribution in [0, 0.1) is 6.92 Å². The number of nitrogens with one attached hydrogen (secondary N) is 1. The molecule has 28 heavy (non-hydrogen) atoms. The second-order valence-corrected chi connectivity index (χ2v) is 6.37. The number of nitrogens with zero attached hydrogens (tertiary/aromatic N) is 3. The predicted molar refractivity (Wildman–Crippen MR) is 92.3 cm³/mol. The summed E-state index contributed by atoms with van der Waals surface area (Å²) in [4.78, 5) is 20.7. The first-order valence-electron chi connectivity index (χ1n) is 8.36. The molecule has 0 fully saturated rings. The maximum Gasteiger partial charge on any atom is 0.408 e. The maximum absolute atomic E-state index is 12.7. The molecule has 1 unspecified atom stereocenters. The SMILES string of the molecule is Cc1cc(-c2ccc3c(c2)OCO3)nc2c(C(=O)NC(C)C(F)(F)F)ncn12. The number of carbonyl (C=O) groups excluding carboxylic acids is 1. The quantitative estimate of drug-likeness (QED) is 0.741. The topological polar surface area (TPSA) is 77.8 Å². The summed E-state index contributed by atoms with van der Waals surface area (Å²) in [7, 11) is 0. The van der Waals surface area contributed by atoms with Gasteiger partial charge in [0.05, 0.1) is 5.69 Å². The molecule has 2 aromatic heterocycles. The van der Waals surface area contributed by atoms with Gasteiger partial charge in [0.1, 0.15) is 12.4 Å². The van der Waals surface area contributed by atoms with E-state index in [9.17, 15) is 18.0 Å². The molecule has 10 heteroatoms. The van der Waals surface area contributed by atoms with Crippen LogP contribution in [0.5, 0.6) is 11.5 Å². The van der Waals surface area contributed by atoms with Gasteiger partial charge in [0.25, 0.3) is 5.91 Å². The molecule has 7 nitrogen and oxygen atoms in total. The van der Waals surface area contributed by atoms with E-state index in [-0.39, 0.29) is 18.1 Å². The standard InChI is InChI=1S/C18H15F3N4O3/c1-9-5-12(11-3-4-13-14(6-11)28-8-27-13)24-16-15(22-7-25(9)16)17(26)23-10(2)18(19,20)21/h3-7,10H,8H2,1-2H3,(H,23,26). The highest BCUT2D eigenvalue weighted by Crippen LogP contribution is 2.35. The Hall–Kier alpha value is -3.30. The highest BCUT2D eigenvalue weighted by Gasteiger charge is 2.37. The minimum atomic E-state index is -4.55. The van der Waals surface area contributed by atoms with Gasteiger partial charge in [-0.25, -0.2) is 9.97 Å². The van der Waals surface area contributed by atoms with Gasteiger partial charge in [-0.05, 0) is 38.1 Å². The van der Waals surface area contributed by atoms with Crippen LogP contribution in [0.1, 0.15) is 23.1 Å². The number of rotatable bonds is 3. The summed E-state index contributed by atoms with van der Waals surface area (Å²) in [6.45, 7) is 2.79. The molecule has 4 rings (SSSR count). The first kappa shape index (κ1) is 18.1. The normalized spacial score (nSPS) is 14.3. The van der Waals surface area contributed by atoms with Crippen LogP contribution in [0.3, 0.4) is 0 Å². The molecular formula is C18H15F3N4O3. The van der Waals surface area contributed by atoms with Crippen molar-refractivity contribution in [2.75, 3.05) is 6.79 Å². The Balaban J connectivity index is 1.74. The van der Waals surface area contributed by atoms with Crippen molar-refractivity contribution in [1.29, 1.82) is 0 Å². The molecule has 3 heterocycles. The van der Waals surface area contributed by atoms with Crippen molar-refractivity contribution < 1.29 is 27.4 Å². The summed E-state index contributed by atoms with van der Waals surface area (Å²) >= 11 is 0. The molecule has 1 aromatic carbocycles. The molecule has 1 aliphatic rings. The van der Waals surface area contributed by atoms with Gasteiger partial charge in [0.15, 0.2) is 22.8 Å². The molecule has 1 N–H and O–H groups in total. The Morgan fingerprint density at radius 1 is 1.25 bits per heavy atom. The lowest BCUT2D eigenvalue weighted by Crippen LogP contribution is -2.43. The van der Waals surface area contributed by atoms with Gasteiger partial charge in [-0.2, -0.15) is 13.2 Å². The molecule has 1 amide bonds. The number of ether oxygens (including phenoxy) is 2. The van der Waals surface area contributed by atoms with E-state index in [1.165, 1.54) is 6.33 Å². The third-order valence-electron chi connectivity index (χ3n) is 4.42. The van der Waals surface area contributed by atoms with Crippen molar-refractivity contribution in [3.8, 4) is 22.8 Å². The van der Waals surface area contributed by atoms with Crippen LogP contribution in [0.25, 0.3) is 16.9 Å². The Kier molecular flexibility index (Phi) is 4.13. The van der Waals surface area contributed by atoms with Crippen molar-refractivity contribution in [3.63, 3.8) is 0 Å². The number of carbonyl (C=O) groups is 1. The summed E-state index contributed by atoms with van der Waals surface area (Å²) in [5.41, 5.74) is 1.95. The second-order valence-electron chi connectivity index (χ2n) is 6.37. The van der Waals surface area contributed by atoms with Crippen LogP contribution >= 0.6 is 0 Å². The fraction of sp³-hybridized carbons (Fsp3) is 0.278. The minimum absolute atomic E-state index is 0.134. The Bertz CT molecular complexity index is 1080. The molecule has 3 aromatic rings. The average Bonchev–Trinajstić information content (AvgIpc) is 3.26. The fourth-order valence-corrected chi connectivity index (χ4v) is 2.83. The molecule has 0 saturated heterocycles. The Morgan fingerprint density at radius 2 is 2.00 bits per heavy atom. The number of halogens is 3. The van der Waals surface area contributed by atoms with E-state index in [0.717, 1.165) is 6.92 Å². The van der Waals surface area contributed by atoms with Crippen LogP contribution in [0.2, 0.25) is 0 Å². The van der Waals surface area contributed by atoms with Gasteiger partial charge < -0.3 is 14.8 Å². The smallest absolute Gasteiger partial charge is 0.408 e. The van der Waals surface area contributed by atoms with Gasteiger partial charge in [-0.1, -0.05) is 0 Å². The maximum atomic E-state index is 12.7. The van der Waals surface area contributed by atoms with Gasteiger partial charge in [0.2, 0.25) is 6.79 Å². The van der Waals surface area contributed by atoms with Crippen LogP contribution < -0.4 is 14.8 Å². The first-order valence-corrected chi connectivity index (χ1v) is 8.36. The molecular weight excluding hydrogens is 377 g/mol. The highest BCUT2D eigenvalue weighted by atomic mass is 19.4. The predicted octanol–water partition coefficient (Wildman–Crippen LogP) is 3.11. The van der Waals surface area contributed by atoms with E-state index >= 15 is 0 Å². The molecule has 0 bridgehead atoms. The molecule has 1 atom stereocenters. The molecule has 0 aliphatic carbocycles. The van der Waals surface area contributed by atoms with Gasteiger partial charge in [-0.3, -0.25) is 9.20 Å². The fourth-order valence-electron chi connectivity index (χ4n) is 2.83. The van der Waals surface area contributed by atoms with Crippen LogP contribution in [0.4, 0.5) is 13.2 Å². The van der Waals surface area contributed by atoms with E-state index in [2.05, 4.69) is 9.97 Å². The first-order chi connectivity index (χ1) is 13.2. The molecule has 0 saturated carbocycles. The Labute approximate surface area is 157 Å². The lowest BCUT2D eigenvalue weighted by Gasteiger charge is -2.16. The zero-order chi connectivity index (χ0) is 20.1. The average molecular weight is 392 g/mol. The number of aromatic nitrogens is 3. The van der Waals surface area contributed by atoms with Crippen LogP contribution in [-0.2, 0) is 0 Å². The zero-order valence-corrected chi connectivity index (χ0v) is 14.9. The van der Waals surface area contributed by atoms with Crippen molar-refractivity contribution in [2.45, 2.75) is 26.1 Å². The number of benzene rings is 1. The van der Waals surface area contributed by atoms with Crippen molar-refractivity contribution in [2.24, 2.45) is 0 Å². The molecule has 0 radical (unpaired) electrons. The largest absolute Gasteiger partial charge is 0.454 e. The van der Waals surface area contributed by atoms with Crippen LogP contribution in [-0.4, -0.2) is 39.3 Å². The molecule has 1 aliphatic heterocycles. The van der Waals surface area contributed by atoms with Gasteiger partial charge >= 0.3 is 6.18 Å². The number of imidazole rings is 1. The summed E-state index contributed by atoms with van der Waals surface area (Å²) < 4.78 is 50.4. The van der Waals surface area contributed by atoms with Crippen molar-refractivity contribution in [3.05, 3.63) is 42.0 Å². The summed E-state index contributed by atoms with van der Waals surface area (Å²) in [6, 6.07) is 5.06. The molecule has 146 valence electrons. The van der Waals surface area contributed by atoms with E-state index in [1.807, 2.05) is 5.32 Å². The van der Waals surface area contributed by atoms with E-state index in [4.69, 9.17) is 9.47 Å². The van der Waals surface area contributed by atoms with Crippen LogP contribution in [0.15, 0.2) is 30.6 Å². The van der Waals surface area contributed by atoms with E-state index in [1.54, 1.807) is 35.6 Å². The lowest BCUT2D eigenvalue weighted by molar-refractivity contribution is -0.149. The number of amides is 1. The number of hydrogen-bond donors (Lipinski definition) is 1. The summed E-state index contributed by atoms with van der Waals surface area (Å²) in [5, 5.41) is 1.91. The monoisotopic (exact) mass is 392 g/mol. The van der Waals surface area contributed by atoms with Crippen molar-refractivity contribution >= 4 is 11.6 Å². The van der Waals surface area contributed by atoms with Crippen molar-refractivity contribution in [1.82, 2.24) is 19.7 Å². The summed E-state index contributed by atoms with van der Waals surface area (Å²) in [6.07, 6.45) is -3.19. The Morgan fingerprint density at radius 3 is 2.75 bits per heavy atom.